The molecule has 2 fully saturated rings. The van der Waals surface area contributed by atoms with E-state index in [1.165, 1.54) is 0 Å². The van der Waals surface area contributed by atoms with Gasteiger partial charge < -0.3 is 24.1 Å². The van der Waals surface area contributed by atoms with Gasteiger partial charge in [-0.2, -0.15) is 0 Å². The Labute approximate surface area is 124 Å². The molecule has 21 heavy (non-hydrogen) atoms. The Morgan fingerprint density at radius 1 is 1.24 bits per heavy atom. The van der Waals surface area contributed by atoms with E-state index in [-0.39, 0.29) is 12.2 Å². The van der Waals surface area contributed by atoms with Crippen molar-refractivity contribution in [2.75, 3.05) is 0 Å². The van der Waals surface area contributed by atoms with Crippen LogP contribution >= 0.6 is 0 Å². The van der Waals surface area contributed by atoms with Crippen molar-refractivity contribution in [2.45, 2.75) is 63.9 Å². The lowest BCUT2D eigenvalue weighted by Gasteiger charge is -2.27. The van der Waals surface area contributed by atoms with E-state index in [0.29, 0.717) is 6.61 Å². The van der Waals surface area contributed by atoms with Crippen LogP contribution in [-0.2, 0) is 25.6 Å². The van der Waals surface area contributed by atoms with Gasteiger partial charge in [0.25, 0.3) is 0 Å². The number of ether oxygens (including phenoxy) is 4. The van der Waals surface area contributed by atoms with Gasteiger partial charge in [-0.05, 0) is 26.3 Å². The summed E-state index contributed by atoms with van der Waals surface area (Å²) in [6.45, 7) is 5.83. The van der Waals surface area contributed by atoms with Gasteiger partial charge in [-0.25, -0.2) is 0 Å². The van der Waals surface area contributed by atoms with Crippen LogP contribution in [-0.4, -0.2) is 41.6 Å². The summed E-state index contributed by atoms with van der Waals surface area (Å²) in [5.74, 6) is -0.687. The minimum absolute atomic E-state index is 0.316. The van der Waals surface area contributed by atoms with Gasteiger partial charge in [-0.15, -0.1) is 0 Å². The number of hydrogen-bond donors (Lipinski definition) is 1. The fraction of sp³-hybridized carbons (Fsp3) is 0.625. The fourth-order valence-corrected chi connectivity index (χ4v) is 2.85. The van der Waals surface area contributed by atoms with E-state index in [1.807, 2.05) is 44.2 Å². The van der Waals surface area contributed by atoms with E-state index in [9.17, 15) is 5.11 Å². The first-order chi connectivity index (χ1) is 9.96. The second-order valence-electron chi connectivity index (χ2n) is 6.07. The Morgan fingerprint density at radius 2 is 1.95 bits per heavy atom. The summed E-state index contributed by atoms with van der Waals surface area (Å²) in [6, 6.07) is 9.91. The van der Waals surface area contributed by atoms with Crippen LogP contribution in [0.1, 0.15) is 26.3 Å². The van der Waals surface area contributed by atoms with Gasteiger partial charge in [0, 0.05) is 0 Å². The van der Waals surface area contributed by atoms with Crippen molar-refractivity contribution >= 4 is 0 Å². The highest BCUT2D eigenvalue weighted by atomic mass is 16.8. The molecule has 0 spiro atoms. The summed E-state index contributed by atoms with van der Waals surface area (Å²) in [4.78, 5) is 0. The summed E-state index contributed by atoms with van der Waals surface area (Å²) in [5.41, 5.74) is 1.07. The zero-order valence-corrected chi connectivity index (χ0v) is 12.6. The molecular weight excluding hydrogens is 272 g/mol. The molecule has 5 atom stereocenters. The molecule has 2 aliphatic heterocycles. The van der Waals surface area contributed by atoms with Gasteiger partial charge in [0.05, 0.1) is 12.7 Å². The molecule has 0 amide bonds. The van der Waals surface area contributed by atoms with Gasteiger partial charge in [0.1, 0.15) is 18.3 Å². The molecule has 1 N–H and O–H groups in total. The molecule has 0 aromatic heterocycles. The van der Waals surface area contributed by atoms with Crippen molar-refractivity contribution in [3.63, 3.8) is 0 Å². The van der Waals surface area contributed by atoms with Gasteiger partial charge in [-0.3, -0.25) is 0 Å². The van der Waals surface area contributed by atoms with Crippen molar-refractivity contribution in [3.05, 3.63) is 35.9 Å². The zero-order valence-electron chi connectivity index (χ0n) is 12.6. The first-order valence-electron chi connectivity index (χ1n) is 7.31. The van der Waals surface area contributed by atoms with Crippen LogP contribution in [0.2, 0.25) is 0 Å². The molecule has 5 heteroatoms. The molecule has 4 unspecified atom stereocenters. The van der Waals surface area contributed by atoms with E-state index < -0.39 is 24.3 Å². The van der Waals surface area contributed by atoms with Gasteiger partial charge in [0.2, 0.25) is 0 Å². The Kier molecular flexibility index (Phi) is 4.03. The fourth-order valence-electron chi connectivity index (χ4n) is 2.85. The monoisotopic (exact) mass is 294 g/mol. The van der Waals surface area contributed by atoms with Crippen LogP contribution in [0.4, 0.5) is 0 Å². The van der Waals surface area contributed by atoms with Crippen molar-refractivity contribution in [1.82, 2.24) is 0 Å². The topological polar surface area (TPSA) is 57.2 Å². The quantitative estimate of drug-likeness (QED) is 0.918. The highest BCUT2D eigenvalue weighted by Crippen LogP contribution is 2.39. The highest BCUT2D eigenvalue weighted by molar-refractivity contribution is 5.13. The van der Waals surface area contributed by atoms with E-state index >= 15 is 0 Å². The molecule has 0 radical (unpaired) electrons. The molecule has 2 saturated heterocycles. The first kappa shape index (κ1) is 14.9. The van der Waals surface area contributed by atoms with Gasteiger partial charge in [0.15, 0.2) is 12.1 Å². The molecule has 2 aliphatic rings. The van der Waals surface area contributed by atoms with Gasteiger partial charge >= 0.3 is 0 Å². The minimum atomic E-state index is -0.687. The number of benzene rings is 1. The predicted octanol–water partition coefficient (Wildman–Crippen LogP) is 1.83. The Morgan fingerprint density at radius 3 is 2.62 bits per heavy atom. The summed E-state index contributed by atoms with van der Waals surface area (Å²) in [5, 5.41) is 9.89. The molecule has 1 aromatic carbocycles. The Balaban J connectivity index is 1.70. The number of fused-ring (bicyclic) bond motifs is 1. The Bertz CT molecular complexity index is 473. The molecule has 116 valence electrons. The lowest BCUT2D eigenvalue weighted by atomic mass is 10.1. The lowest BCUT2D eigenvalue weighted by molar-refractivity contribution is -0.229. The smallest absolute Gasteiger partial charge is 0.190 e. The normalized spacial score (nSPS) is 35.6. The third-order valence-electron chi connectivity index (χ3n) is 3.79. The first-order valence-corrected chi connectivity index (χ1v) is 7.31. The van der Waals surface area contributed by atoms with Crippen LogP contribution in [0.25, 0.3) is 0 Å². The average Bonchev–Trinajstić information content (AvgIpc) is 2.90. The van der Waals surface area contributed by atoms with Gasteiger partial charge in [-0.1, -0.05) is 30.3 Å². The van der Waals surface area contributed by atoms with E-state index in [4.69, 9.17) is 18.9 Å². The van der Waals surface area contributed by atoms with Crippen LogP contribution in [0.5, 0.6) is 0 Å². The van der Waals surface area contributed by atoms with Crippen LogP contribution < -0.4 is 0 Å². The number of aliphatic hydroxyl groups excluding tert-OH is 1. The summed E-state index contributed by atoms with van der Waals surface area (Å²) in [7, 11) is 0. The second kappa shape index (κ2) is 5.66. The van der Waals surface area contributed by atoms with Crippen LogP contribution in [0, 0.1) is 0 Å². The second-order valence-corrected chi connectivity index (χ2v) is 6.07. The molecule has 1 aromatic rings. The molecule has 2 heterocycles. The van der Waals surface area contributed by atoms with Crippen LogP contribution in [0.15, 0.2) is 30.3 Å². The van der Waals surface area contributed by atoms with E-state index in [1.54, 1.807) is 6.92 Å². The maximum Gasteiger partial charge on any atom is 0.190 e. The van der Waals surface area contributed by atoms with E-state index in [2.05, 4.69) is 0 Å². The maximum atomic E-state index is 9.89. The maximum absolute atomic E-state index is 9.89. The largest absolute Gasteiger partial charge is 0.391 e. The average molecular weight is 294 g/mol. The van der Waals surface area contributed by atoms with Crippen molar-refractivity contribution in [2.24, 2.45) is 0 Å². The van der Waals surface area contributed by atoms with Crippen LogP contribution in [0.3, 0.4) is 0 Å². The summed E-state index contributed by atoms with van der Waals surface area (Å²) < 4.78 is 23.3. The van der Waals surface area contributed by atoms with Crippen molar-refractivity contribution in [3.8, 4) is 0 Å². The minimum Gasteiger partial charge on any atom is -0.391 e. The Hall–Kier alpha value is -0.980. The zero-order chi connectivity index (χ0) is 15.0. The lowest BCUT2D eigenvalue weighted by Crippen LogP contribution is -2.41. The molecule has 5 nitrogen and oxygen atoms in total. The SMILES string of the molecule is C[C@@H](O)C1OC2OC(C)(C)OC2C1OCc1ccccc1. The molecule has 3 rings (SSSR count). The van der Waals surface area contributed by atoms with Crippen molar-refractivity contribution in [1.29, 1.82) is 0 Å². The summed E-state index contributed by atoms with van der Waals surface area (Å²) >= 11 is 0. The molecule has 0 saturated carbocycles. The predicted molar refractivity (Wildman–Crippen MR) is 75.4 cm³/mol. The van der Waals surface area contributed by atoms with E-state index in [0.717, 1.165) is 5.56 Å². The molecule has 0 aliphatic carbocycles. The molecule has 0 bridgehead atoms. The highest BCUT2D eigenvalue weighted by Gasteiger charge is 2.56. The standard InChI is InChI=1S/C16H22O5/c1-10(17)12-13(18-9-11-7-5-4-6-8-11)14-15(19-12)21-16(2,3)20-14/h4-8,10,12-15,17H,9H2,1-3H3/t10-,12?,13?,14?,15?/m1/s1. The third kappa shape index (κ3) is 3.12. The summed E-state index contributed by atoms with van der Waals surface area (Å²) in [6.07, 6.45) is -2.24. The third-order valence-corrected chi connectivity index (χ3v) is 3.79. The molecular formula is C16H22O5. The number of rotatable bonds is 4. The van der Waals surface area contributed by atoms with Crippen molar-refractivity contribution < 1.29 is 24.1 Å². The number of aliphatic hydroxyl groups is 1. The number of hydrogen-bond acceptors (Lipinski definition) is 5.